The summed E-state index contributed by atoms with van der Waals surface area (Å²) < 4.78 is 0. The lowest BCUT2D eigenvalue weighted by atomic mass is 10.3. The predicted octanol–water partition coefficient (Wildman–Crippen LogP) is -0.349. The second-order valence-electron chi connectivity index (χ2n) is 2.28. The molecule has 0 amide bonds. The van der Waals surface area contributed by atoms with E-state index in [1.807, 2.05) is 5.01 Å². The van der Waals surface area contributed by atoms with Gasteiger partial charge in [0.1, 0.15) is 11.6 Å². The summed E-state index contributed by atoms with van der Waals surface area (Å²) in [6.07, 6.45) is 3.45. The van der Waals surface area contributed by atoms with Gasteiger partial charge < -0.3 is 10.4 Å². The lowest BCUT2D eigenvalue weighted by Crippen LogP contribution is -2.31. The molecule has 0 aromatic heterocycles. The summed E-state index contributed by atoms with van der Waals surface area (Å²) in [5.41, 5.74) is 3.08. The number of nitrogens with zero attached hydrogens (tertiary/aromatic N) is 1. The number of aliphatic hydroxyl groups is 1. The van der Waals surface area contributed by atoms with E-state index in [0.717, 1.165) is 19.0 Å². The molecule has 0 unspecified atom stereocenters. The van der Waals surface area contributed by atoms with Crippen LogP contribution in [0, 0.1) is 0 Å². The van der Waals surface area contributed by atoms with E-state index in [2.05, 4.69) is 10.7 Å². The Kier molecular flexibility index (Phi) is 1.07. The summed E-state index contributed by atoms with van der Waals surface area (Å²) in [6, 6.07) is 0. The van der Waals surface area contributed by atoms with Crippen LogP contribution in [0.4, 0.5) is 0 Å². The molecule has 0 bridgehead atoms. The van der Waals surface area contributed by atoms with E-state index in [-0.39, 0.29) is 0 Å². The molecule has 2 rings (SSSR count). The lowest BCUT2D eigenvalue weighted by Gasteiger charge is -2.19. The van der Waals surface area contributed by atoms with Crippen LogP contribution in [0.3, 0.4) is 0 Å². The number of hydrazine groups is 1. The smallest absolute Gasteiger partial charge is 0.121 e. The van der Waals surface area contributed by atoms with E-state index >= 15 is 0 Å². The molecule has 54 valence electrons. The number of hydrogen-bond donors (Lipinski definition) is 3. The SMILES string of the molecule is OC1=CCN2NCNC2=C1. The lowest BCUT2D eigenvalue weighted by molar-refractivity contribution is 0.310. The van der Waals surface area contributed by atoms with Crippen LogP contribution < -0.4 is 10.7 Å². The van der Waals surface area contributed by atoms with E-state index in [1.165, 1.54) is 0 Å². The molecule has 1 fully saturated rings. The number of hydrogen-bond acceptors (Lipinski definition) is 4. The van der Waals surface area contributed by atoms with Crippen molar-refractivity contribution in [3.05, 3.63) is 23.7 Å². The summed E-state index contributed by atoms with van der Waals surface area (Å²) in [4.78, 5) is 0. The van der Waals surface area contributed by atoms with E-state index in [4.69, 9.17) is 5.11 Å². The monoisotopic (exact) mass is 139 g/mol. The van der Waals surface area contributed by atoms with Crippen LogP contribution in [0.15, 0.2) is 23.7 Å². The molecule has 10 heavy (non-hydrogen) atoms. The van der Waals surface area contributed by atoms with Gasteiger partial charge in [-0.2, -0.15) is 0 Å². The number of rotatable bonds is 0. The molecule has 0 atom stereocenters. The van der Waals surface area contributed by atoms with Crippen LogP contribution in [-0.4, -0.2) is 23.3 Å². The molecule has 0 saturated carbocycles. The first-order valence-electron chi connectivity index (χ1n) is 3.22. The molecule has 3 N–H and O–H groups in total. The maximum atomic E-state index is 9.05. The Balaban J connectivity index is 2.24. The Morgan fingerprint density at radius 1 is 1.60 bits per heavy atom. The molecule has 2 aliphatic heterocycles. The molecule has 0 aliphatic carbocycles. The average molecular weight is 139 g/mol. The summed E-state index contributed by atoms with van der Waals surface area (Å²) in [5, 5.41) is 14.1. The van der Waals surface area contributed by atoms with Crippen molar-refractivity contribution in [3.63, 3.8) is 0 Å². The highest BCUT2D eigenvalue weighted by Crippen LogP contribution is 2.10. The molecule has 4 nitrogen and oxygen atoms in total. The van der Waals surface area contributed by atoms with Crippen molar-refractivity contribution < 1.29 is 5.11 Å². The third-order valence-corrected chi connectivity index (χ3v) is 1.60. The standard InChI is InChI=1S/C6H9N3O/c10-5-1-2-9-6(3-5)7-4-8-9/h1,3,7-8,10H,2,4H2. The van der Waals surface area contributed by atoms with E-state index < -0.39 is 0 Å². The van der Waals surface area contributed by atoms with Crippen molar-refractivity contribution >= 4 is 0 Å². The maximum absolute atomic E-state index is 9.05. The van der Waals surface area contributed by atoms with Crippen molar-refractivity contribution in [1.29, 1.82) is 0 Å². The van der Waals surface area contributed by atoms with Gasteiger partial charge in [0.15, 0.2) is 0 Å². The summed E-state index contributed by atoms with van der Waals surface area (Å²) in [6.45, 7) is 1.47. The van der Waals surface area contributed by atoms with Crippen molar-refractivity contribution in [1.82, 2.24) is 15.8 Å². The highest BCUT2D eigenvalue weighted by Gasteiger charge is 2.17. The topological polar surface area (TPSA) is 47.5 Å². The van der Waals surface area contributed by atoms with Gasteiger partial charge in [-0.3, -0.25) is 5.01 Å². The van der Waals surface area contributed by atoms with E-state index in [9.17, 15) is 0 Å². The first-order chi connectivity index (χ1) is 4.86. The minimum absolute atomic E-state index is 0.336. The summed E-state index contributed by atoms with van der Waals surface area (Å²) in [5.74, 6) is 1.28. The summed E-state index contributed by atoms with van der Waals surface area (Å²) in [7, 11) is 0. The summed E-state index contributed by atoms with van der Waals surface area (Å²) >= 11 is 0. The second kappa shape index (κ2) is 1.91. The zero-order valence-electron chi connectivity index (χ0n) is 5.46. The van der Waals surface area contributed by atoms with Gasteiger partial charge in [0, 0.05) is 6.08 Å². The largest absolute Gasteiger partial charge is 0.508 e. The highest BCUT2D eigenvalue weighted by molar-refractivity contribution is 5.22. The van der Waals surface area contributed by atoms with Crippen molar-refractivity contribution in [2.45, 2.75) is 0 Å². The fraction of sp³-hybridized carbons (Fsp3) is 0.333. The zero-order chi connectivity index (χ0) is 6.97. The Morgan fingerprint density at radius 3 is 3.40 bits per heavy atom. The van der Waals surface area contributed by atoms with Gasteiger partial charge in [0.25, 0.3) is 0 Å². The first kappa shape index (κ1) is 5.61. The van der Waals surface area contributed by atoms with Crippen molar-refractivity contribution in [2.75, 3.05) is 13.2 Å². The van der Waals surface area contributed by atoms with Crippen LogP contribution >= 0.6 is 0 Å². The van der Waals surface area contributed by atoms with Gasteiger partial charge in [-0.15, -0.1) is 0 Å². The molecule has 1 saturated heterocycles. The van der Waals surface area contributed by atoms with Crippen LogP contribution in [0.2, 0.25) is 0 Å². The van der Waals surface area contributed by atoms with Gasteiger partial charge >= 0.3 is 0 Å². The normalized spacial score (nSPS) is 23.0. The zero-order valence-corrected chi connectivity index (χ0v) is 5.46. The number of fused-ring (bicyclic) bond motifs is 1. The second-order valence-corrected chi connectivity index (χ2v) is 2.28. The molecule has 0 aromatic rings. The third kappa shape index (κ3) is 0.733. The number of allylic oxidation sites excluding steroid dienone is 1. The van der Waals surface area contributed by atoms with Crippen molar-refractivity contribution in [2.24, 2.45) is 0 Å². The van der Waals surface area contributed by atoms with Gasteiger partial charge in [-0.1, -0.05) is 0 Å². The van der Waals surface area contributed by atoms with Crippen LogP contribution in [-0.2, 0) is 0 Å². The molecule has 0 spiro atoms. The first-order valence-corrected chi connectivity index (χ1v) is 3.22. The van der Waals surface area contributed by atoms with E-state index in [0.29, 0.717) is 5.76 Å². The van der Waals surface area contributed by atoms with Gasteiger partial charge in [-0.25, -0.2) is 5.43 Å². The number of aliphatic hydroxyl groups excluding tert-OH is 1. The maximum Gasteiger partial charge on any atom is 0.121 e. The van der Waals surface area contributed by atoms with Crippen LogP contribution in [0.1, 0.15) is 0 Å². The van der Waals surface area contributed by atoms with Crippen molar-refractivity contribution in [3.8, 4) is 0 Å². The fourth-order valence-corrected chi connectivity index (χ4v) is 1.08. The minimum atomic E-state index is 0.336. The molecule has 4 heteroatoms. The Hall–Kier alpha value is -1.16. The third-order valence-electron chi connectivity index (χ3n) is 1.60. The molecule has 0 aromatic carbocycles. The van der Waals surface area contributed by atoms with Crippen LogP contribution in [0.5, 0.6) is 0 Å². The molecule has 2 heterocycles. The van der Waals surface area contributed by atoms with Gasteiger partial charge in [0.05, 0.1) is 13.2 Å². The van der Waals surface area contributed by atoms with Gasteiger partial charge in [-0.05, 0) is 6.08 Å². The highest BCUT2D eigenvalue weighted by atomic mass is 16.3. The average Bonchev–Trinajstić information content (AvgIpc) is 2.33. The Labute approximate surface area is 58.8 Å². The Bertz CT molecular complexity index is 209. The van der Waals surface area contributed by atoms with E-state index in [1.54, 1.807) is 12.2 Å². The molecule has 0 radical (unpaired) electrons. The Morgan fingerprint density at radius 2 is 2.50 bits per heavy atom. The van der Waals surface area contributed by atoms with Gasteiger partial charge in [0.2, 0.25) is 0 Å². The number of nitrogens with one attached hydrogen (secondary N) is 2. The van der Waals surface area contributed by atoms with Crippen LogP contribution in [0.25, 0.3) is 0 Å². The quantitative estimate of drug-likeness (QED) is 0.429. The minimum Gasteiger partial charge on any atom is -0.508 e. The molecular weight excluding hydrogens is 130 g/mol. The predicted molar refractivity (Wildman–Crippen MR) is 36.6 cm³/mol. The molecular formula is C6H9N3O. The fourth-order valence-electron chi connectivity index (χ4n) is 1.08. The molecule has 2 aliphatic rings.